The molecule has 2 aliphatic rings. The van der Waals surface area contributed by atoms with Crippen LogP contribution in [0.5, 0.6) is 0 Å². The summed E-state index contributed by atoms with van der Waals surface area (Å²) in [6.07, 6.45) is -2.92. The highest BCUT2D eigenvalue weighted by Crippen LogP contribution is 2.37. The Morgan fingerprint density at radius 3 is 2.75 bits per heavy atom. The van der Waals surface area contributed by atoms with Gasteiger partial charge in [-0.2, -0.15) is 0 Å². The van der Waals surface area contributed by atoms with E-state index in [0.717, 1.165) is 0 Å². The zero-order valence-electron chi connectivity index (χ0n) is 6.30. The van der Waals surface area contributed by atoms with Crippen LogP contribution in [0.25, 0.3) is 0 Å². The monoisotopic (exact) mass is 174 g/mol. The summed E-state index contributed by atoms with van der Waals surface area (Å²) in [6, 6.07) is 0. The number of aliphatic hydroxyl groups is 3. The van der Waals surface area contributed by atoms with E-state index in [1.807, 2.05) is 0 Å². The number of esters is 1. The molecule has 4 atom stereocenters. The van der Waals surface area contributed by atoms with Crippen molar-refractivity contribution in [3.05, 3.63) is 0 Å². The van der Waals surface area contributed by atoms with Gasteiger partial charge < -0.3 is 20.1 Å². The number of carbonyl (C=O) groups excluding carboxylic acids is 1. The summed E-state index contributed by atoms with van der Waals surface area (Å²) >= 11 is 0. The molecule has 0 spiro atoms. The maximum atomic E-state index is 11.0. The highest BCUT2D eigenvalue weighted by atomic mass is 16.6. The zero-order chi connectivity index (χ0) is 8.93. The molecule has 1 saturated carbocycles. The lowest BCUT2D eigenvalue weighted by Crippen LogP contribution is -2.48. The van der Waals surface area contributed by atoms with Crippen molar-refractivity contribution < 1.29 is 24.9 Å². The highest BCUT2D eigenvalue weighted by Gasteiger charge is 2.56. The predicted molar refractivity (Wildman–Crippen MR) is 36.1 cm³/mol. The number of ether oxygens (including phenoxy) is 1. The fourth-order valence-electron chi connectivity index (χ4n) is 1.78. The quantitative estimate of drug-likeness (QED) is 0.375. The number of rotatable bonds is 0. The smallest absolute Gasteiger partial charge is 0.338 e. The number of carbonyl (C=O) groups is 1. The van der Waals surface area contributed by atoms with Crippen molar-refractivity contribution in [2.45, 2.75) is 36.8 Å². The SMILES string of the molecule is O=C1O[C@@H]2C[C@]1(O)C[C@@H](O)[C@@H]2O. The molecule has 1 saturated heterocycles. The maximum Gasteiger partial charge on any atom is 0.338 e. The molecule has 0 aromatic rings. The van der Waals surface area contributed by atoms with Crippen LogP contribution in [0.15, 0.2) is 0 Å². The van der Waals surface area contributed by atoms with E-state index < -0.39 is 29.9 Å². The van der Waals surface area contributed by atoms with Gasteiger partial charge in [0.15, 0.2) is 5.60 Å². The van der Waals surface area contributed by atoms with Crippen molar-refractivity contribution >= 4 is 5.97 Å². The van der Waals surface area contributed by atoms with Crippen LogP contribution in [0.4, 0.5) is 0 Å². The number of hydrogen-bond acceptors (Lipinski definition) is 5. The topological polar surface area (TPSA) is 87.0 Å². The predicted octanol–water partition coefficient (Wildman–Crippen LogP) is -1.84. The summed E-state index contributed by atoms with van der Waals surface area (Å²) in [5.41, 5.74) is -1.57. The van der Waals surface area contributed by atoms with Crippen molar-refractivity contribution in [2.75, 3.05) is 0 Å². The standard InChI is InChI=1S/C7H10O5/c8-3-1-7(11)2-4(5(3)9)12-6(7)10/h3-5,8-9,11H,1-2H2/t3-,4-,5+,7-/m1/s1. The molecule has 1 heterocycles. The molecule has 0 unspecified atom stereocenters. The number of hydrogen-bond donors (Lipinski definition) is 3. The van der Waals surface area contributed by atoms with Gasteiger partial charge in [-0.05, 0) is 0 Å². The summed E-state index contributed by atoms with van der Waals surface area (Å²) in [6.45, 7) is 0. The van der Waals surface area contributed by atoms with E-state index in [0.29, 0.717) is 0 Å². The molecule has 2 fully saturated rings. The number of aliphatic hydroxyl groups excluding tert-OH is 2. The Balaban J connectivity index is 2.28. The Labute approximate surface area is 68.6 Å². The van der Waals surface area contributed by atoms with Gasteiger partial charge in [0.25, 0.3) is 0 Å². The zero-order valence-corrected chi connectivity index (χ0v) is 6.30. The second-order valence-corrected chi connectivity index (χ2v) is 3.44. The van der Waals surface area contributed by atoms with Crippen molar-refractivity contribution in [1.29, 1.82) is 0 Å². The minimum atomic E-state index is -1.57. The van der Waals surface area contributed by atoms with Crippen molar-refractivity contribution in [1.82, 2.24) is 0 Å². The summed E-state index contributed by atoms with van der Waals surface area (Å²) in [5.74, 6) is -0.733. The van der Waals surface area contributed by atoms with E-state index >= 15 is 0 Å². The third kappa shape index (κ3) is 0.872. The molecule has 68 valence electrons. The minimum absolute atomic E-state index is 0.0874. The maximum absolute atomic E-state index is 11.0. The van der Waals surface area contributed by atoms with Gasteiger partial charge in [0.05, 0.1) is 6.10 Å². The lowest BCUT2D eigenvalue weighted by molar-refractivity contribution is -0.154. The molecule has 1 aliphatic heterocycles. The molecule has 2 rings (SSSR count). The van der Waals surface area contributed by atoms with Gasteiger partial charge in [-0.15, -0.1) is 0 Å². The molecule has 12 heavy (non-hydrogen) atoms. The third-order valence-corrected chi connectivity index (χ3v) is 2.50. The van der Waals surface area contributed by atoms with E-state index in [4.69, 9.17) is 0 Å². The van der Waals surface area contributed by atoms with E-state index in [-0.39, 0.29) is 12.8 Å². The molecule has 3 N–H and O–H groups in total. The van der Waals surface area contributed by atoms with Gasteiger partial charge in [-0.3, -0.25) is 0 Å². The largest absolute Gasteiger partial charge is 0.457 e. The lowest BCUT2D eigenvalue weighted by atomic mass is 9.82. The Kier molecular flexibility index (Phi) is 1.45. The van der Waals surface area contributed by atoms with Gasteiger partial charge in [0.2, 0.25) is 0 Å². The fraction of sp³-hybridized carbons (Fsp3) is 0.857. The third-order valence-electron chi connectivity index (χ3n) is 2.50. The normalized spacial score (nSPS) is 52.2. The second-order valence-electron chi connectivity index (χ2n) is 3.44. The van der Waals surface area contributed by atoms with Crippen LogP contribution in [0.1, 0.15) is 12.8 Å². The van der Waals surface area contributed by atoms with Crippen LogP contribution in [-0.2, 0) is 9.53 Å². The Morgan fingerprint density at radius 2 is 2.08 bits per heavy atom. The molecule has 0 amide bonds. The minimum Gasteiger partial charge on any atom is -0.457 e. The van der Waals surface area contributed by atoms with Crippen LogP contribution in [0.2, 0.25) is 0 Å². The molecule has 2 bridgehead atoms. The van der Waals surface area contributed by atoms with E-state index in [2.05, 4.69) is 4.74 Å². The van der Waals surface area contributed by atoms with Crippen LogP contribution in [-0.4, -0.2) is 45.2 Å². The van der Waals surface area contributed by atoms with E-state index in [9.17, 15) is 20.1 Å². The average molecular weight is 174 g/mol. The van der Waals surface area contributed by atoms with Gasteiger partial charge >= 0.3 is 5.97 Å². The summed E-state index contributed by atoms with van der Waals surface area (Å²) < 4.78 is 4.67. The van der Waals surface area contributed by atoms with E-state index in [1.165, 1.54) is 0 Å². The number of fused-ring (bicyclic) bond motifs is 2. The Bertz CT molecular complexity index is 228. The molecule has 5 nitrogen and oxygen atoms in total. The van der Waals surface area contributed by atoms with Crippen molar-refractivity contribution in [2.24, 2.45) is 0 Å². The molecular formula is C7H10O5. The molecule has 0 aromatic heterocycles. The Morgan fingerprint density at radius 1 is 1.42 bits per heavy atom. The molecule has 0 radical (unpaired) electrons. The average Bonchev–Trinajstić information content (AvgIpc) is 2.22. The molecule has 5 heteroatoms. The van der Waals surface area contributed by atoms with Crippen molar-refractivity contribution in [3.63, 3.8) is 0 Å². The summed E-state index contributed by atoms with van der Waals surface area (Å²) in [7, 11) is 0. The summed E-state index contributed by atoms with van der Waals surface area (Å²) in [5, 5.41) is 28.0. The summed E-state index contributed by atoms with van der Waals surface area (Å²) in [4.78, 5) is 11.0. The molecule has 0 aromatic carbocycles. The first-order valence-electron chi connectivity index (χ1n) is 3.82. The van der Waals surface area contributed by atoms with E-state index in [1.54, 1.807) is 0 Å². The van der Waals surface area contributed by atoms with Crippen LogP contribution >= 0.6 is 0 Å². The molecule has 1 aliphatic carbocycles. The first-order valence-corrected chi connectivity index (χ1v) is 3.82. The van der Waals surface area contributed by atoms with Gasteiger partial charge in [-0.25, -0.2) is 4.79 Å². The van der Waals surface area contributed by atoms with Crippen LogP contribution < -0.4 is 0 Å². The van der Waals surface area contributed by atoms with Crippen LogP contribution in [0.3, 0.4) is 0 Å². The van der Waals surface area contributed by atoms with Gasteiger partial charge in [-0.1, -0.05) is 0 Å². The van der Waals surface area contributed by atoms with Crippen molar-refractivity contribution in [3.8, 4) is 0 Å². The first-order chi connectivity index (χ1) is 5.53. The lowest BCUT2D eigenvalue weighted by Gasteiger charge is -2.30. The second kappa shape index (κ2) is 2.18. The highest BCUT2D eigenvalue weighted by molar-refractivity contribution is 5.82. The molecular weight excluding hydrogens is 164 g/mol. The fourth-order valence-corrected chi connectivity index (χ4v) is 1.78. The Hall–Kier alpha value is -0.650. The van der Waals surface area contributed by atoms with Crippen LogP contribution in [0, 0.1) is 0 Å². The van der Waals surface area contributed by atoms with Gasteiger partial charge in [0.1, 0.15) is 12.2 Å². The first kappa shape index (κ1) is 7.97. The van der Waals surface area contributed by atoms with Gasteiger partial charge in [0, 0.05) is 12.8 Å².